The highest BCUT2D eigenvalue weighted by Gasteiger charge is 2.14. The number of hydrogen-bond acceptors (Lipinski definition) is 4. The maximum atomic E-state index is 11.9. The summed E-state index contributed by atoms with van der Waals surface area (Å²) in [5, 5.41) is 14.3. The Kier molecular flexibility index (Phi) is 3.22. The number of fused-ring (bicyclic) bond motifs is 1. The zero-order valence-corrected chi connectivity index (χ0v) is 12.6. The Balaban J connectivity index is 2.39. The standard InChI is InChI=1S/C17H14N4O/c1-10-4-13(11(2)22)15-6-14(12-8-19-21(3)9-12)17(7-18)20-16(15)5-10/h4-6,8-9H,1-3H3. The van der Waals surface area contributed by atoms with Gasteiger partial charge in [0, 0.05) is 35.3 Å². The molecule has 0 atom stereocenters. The van der Waals surface area contributed by atoms with Gasteiger partial charge in [-0.3, -0.25) is 9.48 Å². The first-order valence-electron chi connectivity index (χ1n) is 6.85. The molecule has 0 aliphatic carbocycles. The van der Waals surface area contributed by atoms with Crippen molar-refractivity contribution in [2.24, 2.45) is 7.05 Å². The summed E-state index contributed by atoms with van der Waals surface area (Å²) >= 11 is 0. The van der Waals surface area contributed by atoms with Crippen molar-refractivity contribution in [3.8, 4) is 17.2 Å². The van der Waals surface area contributed by atoms with Gasteiger partial charge in [0.05, 0.1) is 11.7 Å². The highest BCUT2D eigenvalue weighted by molar-refractivity contribution is 6.07. The average Bonchev–Trinajstić information content (AvgIpc) is 2.91. The first-order valence-corrected chi connectivity index (χ1v) is 6.85. The van der Waals surface area contributed by atoms with Gasteiger partial charge >= 0.3 is 0 Å². The number of rotatable bonds is 2. The van der Waals surface area contributed by atoms with Crippen LogP contribution in [-0.2, 0) is 7.05 Å². The molecule has 2 aromatic heterocycles. The maximum absolute atomic E-state index is 11.9. The topological polar surface area (TPSA) is 71.6 Å². The molecule has 3 aromatic rings. The second kappa shape index (κ2) is 5.08. The summed E-state index contributed by atoms with van der Waals surface area (Å²) in [6.07, 6.45) is 3.51. The Hall–Kier alpha value is -3.00. The molecule has 3 rings (SSSR count). The van der Waals surface area contributed by atoms with Crippen molar-refractivity contribution >= 4 is 16.7 Å². The van der Waals surface area contributed by atoms with Crippen molar-refractivity contribution in [1.82, 2.24) is 14.8 Å². The van der Waals surface area contributed by atoms with E-state index in [0.717, 1.165) is 16.5 Å². The minimum absolute atomic E-state index is 0.0163. The van der Waals surface area contributed by atoms with Crippen LogP contribution in [0.15, 0.2) is 30.6 Å². The summed E-state index contributed by atoms with van der Waals surface area (Å²) in [5.41, 5.74) is 4.06. The number of aromatic nitrogens is 3. The van der Waals surface area contributed by atoms with Gasteiger partial charge in [-0.25, -0.2) is 4.98 Å². The largest absolute Gasteiger partial charge is 0.294 e. The first kappa shape index (κ1) is 14.0. The minimum Gasteiger partial charge on any atom is -0.294 e. The van der Waals surface area contributed by atoms with Gasteiger partial charge in [-0.1, -0.05) is 0 Å². The number of hydrogen-bond donors (Lipinski definition) is 0. The molecule has 0 bridgehead atoms. The van der Waals surface area contributed by atoms with Gasteiger partial charge in [-0.15, -0.1) is 0 Å². The SMILES string of the molecule is CC(=O)c1cc(C)cc2nc(C#N)c(-c3cnn(C)c3)cc12. The molecule has 1 aromatic carbocycles. The molecule has 0 amide bonds. The van der Waals surface area contributed by atoms with Crippen molar-refractivity contribution in [3.63, 3.8) is 0 Å². The molecule has 108 valence electrons. The van der Waals surface area contributed by atoms with Gasteiger partial charge in [0.1, 0.15) is 11.8 Å². The third kappa shape index (κ3) is 2.25. The number of carbonyl (C=O) groups is 1. The predicted molar refractivity (Wildman–Crippen MR) is 83.4 cm³/mol. The van der Waals surface area contributed by atoms with Gasteiger partial charge in [0.2, 0.25) is 0 Å². The number of carbonyl (C=O) groups excluding carboxylic acids is 1. The molecule has 0 spiro atoms. The molecule has 22 heavy (non-hydrogen) atoms. The smallest absolute Gasteiger partial charge is 0.160 e. The summed E-state index contributed by atoms with van der Waals surface area (Å²) in [6.45, 7) is 3.45. The summed E-state index contributed by atoms with van der Waals surface area (Å²) in [4.78, 5) is 16.3. The predicted octanol–water partition coefficient (Wildman–Crippen LogP) is 3.02. The molecule has 0 unspecified atom stereocenters. The normalized spacial score (nSPS) is 10.6. The van der Waals surface area contributed by atoms with Crippen LogP contribution in [-0.4, -0.2) is 20.5 Å². The zero-order valence-electron chi connectivity index (χ0n) is 12.6. The van der Waals surface area contributed by atoms with Crippen LogP contribution >= 0.6 is 0 Å². The lowest BCUT2D eigenvalue weighted by molar-refractivity contribution is 0.101. The van der Waals surface area contributed by atoms with Crippen molar-refractivity contribution in [2.45, 2.75) is 13.8 Å². The quantitative estimate of drug-likeness (QED) is 0.680. The third-order valence-corrected chi connectivity index (χ3v) is 3.58. The van der Waals surface area contributed by atoms with Crippen LogP contribution in [0.4, 0.5) is 0 Å². The fourth-order valence-electron chi connectivity index (χ4n) is 2.57. The Morgan fingerprint density at radius 2 is 2.09 bits per heavy atom. The van der Waals surface area contributed by atoms with Crippen LogP contribution in [0.1, 0.15) is 28.5 Å². The Morgan fingerprint density at radius 3 is 2.68 bits per heavy atom. The van der Waals surface area contributed by atoms with Crippen LogP contribution in [0.25, 0.3) is 22.0 Å². The molecule has 0 saturated carbocycles. The molecule has 0 aliphatic rings. The van der Waals surface area contributed by atoms with E-state index in [1.54, 1.807) is 10.9 Å². The van der Waals surface area contributed by atoms with Crippen molar-refractivity contribution in [2.75, 3.05) is 0 Å². The number of nitriles is 1. The average molecular weight is 290 g/mol. The highest BCUT2D eigenvalue weighted by Crippen LogP contribution is 2.29. The van der Waals surface area contributed by atoms with Crippen LogP contribution < -0.4 is 0 Å². The van der Waals surface area contributed by atoms with E-state index in [-0.39, 0.29) is 5.78 Å². The maximum Gasteiger partial charge on any atom is 0.160 e. The Morgan fingerprint density at radius 1 is 1.32 bits per heavy atom. The van der Waals surface area contributed by atoms with Crippen LogP contribution in [0.5, 0.6) is 0 Å². The van der Waals surface area contributed by atoms with E-state index >= 15 is 0 Å². The lowest BCUT2D eigenvalue weighted by Gasteiger charge is -2.08. The first-order chi connectivity index (χ1) is 10.5. The second-order valence-electron chi connectivity index (χ2n) is 5.33. The van der Waals surface area contributed by atoms with Gasteiger partial charge in [0.15, 0.2) is 5.78 Å². The van der Waals surface area contributed by atoms with Crippen LogP contribution in [0.2, 0.25) is 0 Å². The fraction of sp³-hybridized carbons (Fsp3) is 0.176. The summed E-state index contributed by atoms with van der Waals surface area (Å²) in [6, 6.07) is 7.72. The second-order valence-corrected chi connectivity index (χ2v) is 5.33. The Labute approximate surface area is 127 Å². The number of aryl methyl sites for hydroxylation is 2. The Bertz CT molecular complexity index is 947. The molecule has 0 radical (unpaired) electrons. The van der Waals surface area contributed by atoms with Gasteiger partial charge < -0.3 is 0 Å². The summed E-state index contributed by atoms with van der Waals surface area (Å²) < 4.78 is 1.67. The molecule has 0 saturated heterocycles. The number of benzene rings is 1. The summed E-state index contributed by atoms with van der Waals surface area (Å²) in [5.74, 6) is -0.0163. The molecule has 5 heteroatoms. The van der Waals surface area contributed by atoms with E-state index in [4.69, 9.17) is 0 Å². The zero-order chi connectivity index (χ0) is 15.9. The van der Waals surface area contributed by atoms with Gasteiger partial charge in [-0.05, 0) is 37.6 Å². The molecular weight excluding hydrogens is 276 g/mol. The van der Waals surface area contributed by atoms with E-state index in [1.165, 1.54) is 6.92 Å². The molecular formula is C17H14N4O. The van der Waals surface area contributed by atoms with E-state index in [9.17, 15) is 10.1 Å². The molecule has 0 aliphatic heterocycles. The number of Topliss-reactive ketones (excluding diaryl/α,β-unsaturated/α-hetero) is 1. The third-order valence-electron chi connectivity index (χ3n) is 3.58. The fourth-order valence-corrected chi connectivity index (χ4v) is 2.57. The van der Waals surface area contributed by atoms with Gasteiger partial charge in [0.25, 0.3) is 0 Å². The van der Waals surface area contributed by atoms with E-state index < -0.39 is 0 Å². The molecule has 2 heterocycles. The van der Waals surface area contributed by atoms with Crippen molar-refractivity contribution in [3.05, 3.63) is 47.4 Å². The molecule has 0 fully saturated rings. The monoisotopic (exact) mass is 290 g/mol. The molecule has 5 nitrogen and oxygen atoms in total. The molecule has 0 N–H and O–H groups in total. The lowest BCUT2D eigenvalue weighted by Crippen LogP contribution is -1.98. The van der Waals surface area contributed by atoms with E-state index in [2.05, 4.69) is 16.2 Å². The number of pyridine rings is 1. The highest BCUT2D eigenvalue weighted by atomic mass is 16.1. The number of nitrogens with zero attached hydrogens (tertiary/aromatic N) is 4. The van der Waals surface area contributed by atoms with Crippen LogP contribution in [0, 0.1) is 18.3 Å². The lowest BCUT2D eigenvalue weighted by atomic mass is 9.98. The van der Waals surface area contributed by atoms with E-state index in [0.29, 0.717) is 22.3 Å². The summed E-state index contributed by atoms with van der Waals surface area (Å²) in [7, 11) is 1.81. The van der Waals surface area contributed by atoms with Crippen LogP contribution in [0.3, 0.4) is 0 Å². The minimum atomic E-state index is -0.0163. The van der Waals surface area contributed by atoms with Crippen molar-refractivity contribution in [1.29, 1.82) is 5.26 Å². The van der Waals surface area contributed by atoms with Gasteiger partial charge in [-0.2, -0.15) is 10.4 Å². The van der Waals surface area contributed by atoms with E-state index in [1.807, 2.05) is 38.4 Å². The number of ketones is 1. The van der Waals surface area contributed by atoms with Crippen molar-refractivity contribution < 1.29 is 4.79 Å².